The number of benzene rings is 1. The molecular weight excluding hydrogens is 270 g/mol. The van der Waals surface area contributed by atoms with Crippen LogP contribution in [0.5, 0.6) is 0 Å². The van der Waals surface area contributed by atoms with Crippen molar-refractivity contribution in [3.63, 3.8) is 0 Å². The summed E-state index contributed by atoms with van der Waals surface area (Å²) in [4.78, 5) is 4.92. The lowest BCUT2D eigenvalue weighted by molar-refractivity contribution is 0.213. The van der Waals surface area contributed by atoms with Gasteiger partial charge in [0.1, 0.15) is 0 Å². The van der Waals surface area contributed by atoms with Gasteiger partial charge in [-0.15, -0.1) is 0 Å². The van der Waals surface area contributed by atoms with Crippen molar-refractivity contribution in [2.45, 2.75) is 38.8 Å². The van der Waals surface area contributed by atoms with Crippen molar-refractivity contribution in [1.29, 1.82) is 0 Å². The molecule has 1 fully saturated rings. The molecule has 4 heteroatoms. The van der Waals surface area contributed by atoms with Crippen molar-refractivity contribution in [3.05, 3.63) is 28.8 Å². The van der Waals surface area contributed by atoms with E-state index < -0.39 is 0 Å². The summed E-state index contributed by atoms with van der Waals surface area (Å²) in [6.07, 6.45) is 2.08. The Morgan fingerprint density at radius 3 is 2.80 bits per heavy atom. The smallest absolute Gasteiger partial charge is 0.0426 e. The van der Waals surface area contributed by atoms with E-state index in [-0.39, 0.29) is 6.04 Å². The number of nitrogens with two attached hydrogens (primary N) is 1. The Bertz CT molecular complexity index is 447. The van der Waals surface area contributed by atoms with Crippen LogP contribution in [0.2, 0.25) is 5.02 Å². The molecule has 0 bridgehead atoms. The lowest BCUT2D eigenvalue weighted by Gasteiger charge is -2.41. The Morgan fingerprint density at radius 1 is 1.40 bits per heavy atom. The number of rotatable bonds is 4. The molecular formula is C16H26ClN3. The normalized spacial score (nSPS) is 22.1. The Balaban J connectivity index is 2.24. The molecule has 2 rings (SSSR count). The fourth-order valence-corrected chi connectivity index (χ4v) is 3.12. The molecule has 0 amide bonds. The summed E-state index contributed by atoms with van der Waals surface area (Å²) < 4.78 is 0. The van der Waals surface area contributed by atoms with E-state index in [4.69, 9.17) is 17.3 Å². The van der Waals surface area contributed by atoms with Crippen molar-refractivity contribution in [1.82, 2.24) is 4.90 Å². The molecule has 1 aromatic carbocycles. The van der Waals surface area contributed by atoms with Crippen LogP contribution in [0.1, 0.15) is 25.8 Å². The van der Waals surface area contributed by atoms with Gasteiger partial charge in [0, 0.05) is 42.4 Å². The van der Waals surface area contributed by atoms with Gasteiger partial charge in [-0.1, -0.05) is 24.6 Å². The number of hydrogen-bond donors (Lipinski definition) is 1. The van der Waals surface area contributed by atoms with Crippen LogP contribution in [0.4, 0.5) is 5.69 Å². The predicted octanol–water partition coefficient (Wildman–Crippen LogP) is 2.76. The third-order valence-corrected chi connectivity index (χ3v) is 4.41. The fourth-order valence-electron chi connectivity index (χ4n) is 2.96. The quantitative estimate of drug-likeness (QED) is 0.927. The number of halogens is 1. The average Bonchev–Trinajstić information content (AvgIpc) is 2.41. The zero-order valence-electron chi connectivity index (χ0n) is 12.8. The van der Waals surface area contributed by atoms with Crippen molar-refractivity contribution >= 4 is 17.3 Å². The first-order valence-electron chi connectivity index (χ1n) is 7.50. The molecule has 0 aromatic heterocycles. The first-order valence-corrected chi connectivity index (χ1v) is 7.88. The summed E-state index contributed by atoms with van der Waals surface area (Å²) >= 11 is 6.20. The number of piperazine rings is 1. The number of likely N-dealkylation sites (N-methyl/N-ethyl adjacent to an activating group) is 1. The molecule has 2 unspecified atom stereocenters. The predicted molar refractivity (Wildman–Crippen MR) is 87.7 cm³/mol. The number of nitrogens with zero attached hydrogens (tertiary/aromatic N) is 2. The van der Waals surface area contributed by atoms with Crippen molar-refractivity contribution < 1.29 is 0 Å². The summed E-state index contributed by atoms with van der Waals surface area (Å²) in [5.74, 6) is 0. The summed E-state index contributed by atoms with van der Waals surface area (Å²) in [6, 6.07) is 6.98. The van der Waals surface area contributed by atoms with Gasteiger partial charge in [0.15, 0.2) is 0 Å². The summed E-state index contributed by atoms with van der Waals surface area (Å²) in [6.45, 7) is 7.53. The molecule has 1 saturated heterocycles. The van der Waals surface area contributed by atoms with Gasteiger partial charge in [-0.25, -0.2) is 0 Å². The van der Waals surface area contributed by atoms with E-state index in [1.807, 2.05) is 6.07 Å². The summed E-state index contributed by atoms with van der Waals surface area (Å²) in [5.41, 5.74) is 8.55. The van der Waals surface area contributed by atoms with Gasteiger partial charge in [-0.2, -0.15) is 0 Å². The minimum absolute atomic E-state index is 0.171. The molecule has 1 aliphatic heterocycles. The summed E-state index contributed by atoms with van der Waals surface area (Å²) in [5, 5.41) is 0.806. The van der Waals surface area contributed by atoms with Crippen LogP contribution in [0.25, 0.3) is 0 Å². The van der Waals surface area contributed by atoms with Gasteiger partial charge in [0.05, 0.1) is 0 Å². The van der Waals surface area contributed by atoms with Crippen molar-refractivity contribution in [2.24, 2.45) is 5.73 Å². The lowest BCUT2D eigenvalue weighted by Crippen LogP contribution is -2.51. The van der Waals surface area contributed by atoms with E-state index in [0.29, 0.717) is 6.04 Å². The molecule has 20 heavy (non-hydrogen) atoms. The molecule has 112 valence electrons. The van der Waals surface area contributed by atoms with Crippen LogP contribution in [0.3, 0.4) is 0 Å². The first kappa shape index (κ1) is 15.6. The van der Waals surface area contributed by atoms with Gasteiger partial charge in [-0.05, 0) is 44.5 Å². The van der Waals surface area contributed by atoms with Crippen LogP contribution in [0.15, 0.2) is 18.2 Å². The van der Waals surface area contributed by atoms with Gasteiger partial charge < -0.3 is 10.6 Å². The molecule has 2 atom stereocenters. The van der Waals surface area contributed by atoms with E-state index in [0.717, 1.165) is 31.1 Å². The van der Waals surface area contributed by atoms with E-state index >= 15 is 0 Å². The van der Waals surface area contributed by atoms with Gasteiger partial charge in [-0.3, -0.25) is 4.90 Å². The maximum absolute atomic E-state index is 6.20. The molecule has 0 saturated carbocycles. The van der Waals surface area contributed by atoms with Crippen LogP contribution < -0.4 is 10.6 Å². The summed E-state index contributed by atoms with van der Waals surface area (Å²) in [7, 11) is 2.21. The second kappa shape index (κ2) is 6.79. The highest BCUT2D eigenvalue weighted by Crippen LogP contribution is 2.28. The van der Waals surface area contributed by atoms with Crippen LogP contribution in [-0.2, 0) is 6.42 Å². The maximum atomic E-state index is 6.20. The standard InChI is InChI=1S/C16H26ClN3/c1-4-15-11-20(8-7-19(15)3)16-10-14(17)6-5-13(16)9-12(2)18/h5-6,10,12,15H,4,7-9,11,18H2,1-3H3. The van der Waals surface area contributed by atoms with Gasteiger partial charge >= 0.3 is 0 Å². The van der Waals surface area contributed by atoms with Crippen molar-refractivity contribution in [2.75, 3.05) is 31.6 Å². The molecule has 0 radical (unpaired) electrons. The SMILES string of the molecule is CCC1CN(c2cc(Cl)ccc2CC(C)N)CCN1C. The molecule has 3 nitrogen and oxygen atoms in total. The molecule has 1 aromatic rings. The molecule has 2 N–H and O–H groups in total. The average molecular weight is 296 g/mol. The second-order valence-corrected chi connectivity index (χ2v) is 6.38. The third kappa shape index (κ3) is 3.66. The number of hydrogen-bond acceptors (Lipinski definition) is 3. The van der Waals surface area contributed by atoms with E-state index in [9.17, 15) is 0 Å². The minimum Gasteiger partial charge on any atom is -0.368 e. The molecule has 1 aliphatic rings. The zero-order valence-corrected chi connectivity index (χ0v) is 13.5. The van der Waals surface area contributed by atoms with Gasteiger partial charge in [0.2, 0.25) is 0 Å². The topological polar surface area (TPSA) is 32.5 Å². The second-order valence-electron chi connectivity index (χ2n) is 5.94. The van der Waals surface area contributed by atoms with E-state index in [1.54, 1.807) is 0 Å². The Hall–Kier alpha value is -0.770. The molecule has 0 aliphatic carbocycles. The first-order chi connectivity index (χ1) is 9.51. The van der Waals surface area contributed by atoms with Crippen LogP contribution in [-0.4, -0.2) is 43.7 Å². The van der Waals surface area contributed by atoms with E-state index in [1.165, 1.54) is 17.7 Å². The maximum Gasteiger partial charge on any atom is 0.0426 e. The highest BCUT2D eigenvalue weighted by Gasteiger charge is 2.24. The third-order valence-electron chi connectivity index (χ3n) is 4.18. The number of anilines is 1. The van der Waals surface area contributed by atoms with Crippen LogP contribution in [0, 0.1) is 0 Å². The zero-order chi connectivity index (χ0) is 14.7. The minimum atomic E-state index is 0.171. The monoisotopic (exact) mass is 295 g/mol. The van der Waals surface area contributed by atoms with Crippen LogP contribution >= 0.6 is 11.6 Å². The molecule has 0 spiro atoms. The largest absolute Gasteiger partial charge is 0.368 e. The lowest BCUT2D eigenvalue weighted by atomic mass is 10.0. The highest BCUT2D eigenvalue weighted by atomic mass is 35.5. The Kier molecular flexibility index (Phi) is 5.30. The highest BCUT2D eigenvalue weighted by molar-refractivity contribution is 6.30. The Morgan fingerprint density at radius 2 is 2.15 bits per heavy atom. The van der Waals surface area contributed by atoms with Gasteiger partial charge in [0.25, 0.3) is 0 Å². The van der Waals surface area contributed by atoms with E-state index in [2.05, 4.69) is 42.8 Å². The molecule has 1 heterocycles. The fraction of sp³-hybridized carbons (Fsp3) is 0.625. The van der Waals surface area contributed by atoms with Crippen molar-refractivity contribution in [3.8, 4) is 0 Å². The Labute approximate surface area is 127 Å².